The summed E-state index contributed by atoms with van der Waals surface area (Å²) in [6.07, 6.45) is 0.406. The van der Waals surface area contributed by atoms with E-state index in [1.807, 2.05) is 24.3 Å². The zero-order chi connectivity index (χ0) is 16.0. The molecule has 0 unspecified atom stereocenters. The summed E-state index contributed by atoms with van der Waals surface area (Å²) in [4.78, 5) is 12.3. The molecular formula is C18H29NO2. The highest BCUT2D eigenvalue weighted by molar-refractivity contribution is 5.81. The van der Waals surface area contributed by atoms with E-state index in [-0.39, 0.29) is 11.9 Å². The van der Waals surface area contributed by atoms with Crippen LogP contribution < -0.4 is 10.1 Å². The van der Waals surface area contributed by atoms with Crippen LogP contribution in [0, 0.1) is 11.8 Å². The standard InChI is InChI=1S/C18H29NO2/c1-7-15-10-8-9-11-16(15)21-14(6)18(20)19-17(12(2)3)13(4)5/h8-14,17H,7H2,1-6H3,(H,19,20)/t14-/m1/s1. The van der Waals surface area contributed by atoms with Gasteiger partial charge in [0.2, 0.25) is 0 Å². The number of ether oxygens (including phenoxy) is 1. The molecule has 3 heteroatoms. The van der Waals surface area contributed by atoms with Gasteiger partial charge in [0, 0.05) is 6.04 Å². The summed E-state index contributed by atoms with van der Waals surface area (Å²) in [7, 11) is 0. The monoisotopic (exact) mass is 291 g/mol. The van der Waals surface area contributed by atoms with Gasteiger partial charge in [-0.3, -0.25) is 4.79 Å². The molecular weight excluding hydrogens is 262 g/mol. The molecule has 1 aromatic carbocycles. The Labute approximate surface area is 129 Å². The van der Waals surface area contributed by atoms with Gasteiger partial charge in [-0.15, -0.1) is 0 Å². The first-order valence-corrected chi connectivity index (χ1v) is 7.91. The number of carbonyl (C=O) groups is 1. The van der Waals surface area contributed by atoms with E-state index >= 15 is 0 Å². The molecule has 0 aliphatic rings. The second-order valence-electron chi connectivity index (χ2n) is 6.24. The van der Waals surface area contributed by atoms with Crippen LogP contribution in [0.15, 0.2) is 24.3 Å². The summed E-state index contributed by atoms with van der Waals surface area (Å²) < 4.78 is 5.85. The van der Waals surface area contributed by atoms with Gasteiger partial charge in [0.25, 0.3) is 5.91 Å². The van der Waals surface area contributed by atoms with Crippen molar-refractivity contribution in [2.45, 2.75) is 60.1 Å². The van der Waals surface area contributed by atoms with Gasteiger partial charge in [-0.25, -0.2) is 0 Å². The third-order valence-corrected chi connectivity index (χ3v) is 3.77. The van der Waals surface area contributed by atoms with Crippen LogP contribution in [0.5, 0.6) is 5.75 Å². The van der Waals surface area contributed by atoms with Crippen molar-refractivity contribution in [3.8, 4) is 5.75 Å². The molecule has 1 N–H and O–H groups in total. The molecule has 1 rings (SSSR count). The molecule has 0 aromatic heterocycles. The van der Waals surface area contributed by atoms with E-state index in [0.29, 0.717) is 11.8 Å². The summed E-state index contributed by atoms with van der Waals surface area (Å²) in [5.41, 5.74) is 1.13. The zero-order valence-corrected chi connectivity index (χ0v) is 14.1. The normalized spacial score (nSPS) is 12.8. The molecule has 1 amide bonds. The van der Waals surface area contributed by atoms with Crippen molar-refractivity contribution in [2.24, 2.45) is 11.8 Å². The Bertz CT molecular complexity index is 446. The van der Waals surface area contributed by atoms with Crippen LogP contribution in [0.1, 0.15) is 47.1 Å². The zero-order valence-electron chi connectivity index (χ0n) is 14.1. The van der Waals surface area contributed by atoms with Crippen LogP contribution in [0.4, 0.5) is 0 Å². The first-order chi connectivity index (χ1) is 9.86. The predicted molar refractivity (Wildman–Crippen MR) is 87.5 cm³/mol. The van der Waals surface area contributed by atoms with Crippen LogP contribution in [-0.2, 0) is 11.2 Å². The van der Waals surface area contributed by atoms with Crippen LogP contribution >= 0.6 is 0 Å². The smallest absolute Gasteiger partial charge is 0.261 e. The number of carbonyl (C=O) groups excluding carboxylic acids is 1. The third-order valence-electron chi connectivity index (χ3n) is 3.77. The number of benzene rings is 1. The largest absolute Gasteiger partial charge is 0.481 e. The summed E-state index contributed by atoms with van der Waals surface area (Å²) in [6, 6.07) is 8.05. The quantitative estimate of drug-likeness (QED) is 0.829. The molecule has 0 heterocycles. The lowest BCUT2D eigenvalue weighted by molar-refractivity contribution is -0.128. The Morgan fingerprint density at radius 3 is 2.19 bits per heavy atom. The summed E-state index contributed by atoms with van der Waals surface area (Å²) in [6.45, 7) is 12.4. The van der Waals surface area contributed by atoms with Gasteiger partial charge in [-0.1, -0.05) is 52.8 Å². The van der Waals surface area contributed by atoms with E-state index < -0.39 is 6.10 Å². The molecule has 0 radical (unpaired) electrons. The van der Waals surface area contributed by atoms with E-state index in [2.05, 4.69) is 39.9 Å². The second-order valence-corrected chi connectivity index (χ2v) is 6.24. The highest BCUT2D eigenvalue weighted by atomic mass is 16.5. The summed E-state index contributed by atoms with van der Waals surface area (Å²) in [5, 5.41) is 3.11. The maximum absolute atomic E-state index is 12.3. The van der Waals surface area contributed by atoms with Crippen molar-refractivity contribution in [2.75, 3.05) is 0 Å². The van der Waals surface area contributed by atoms with E-state index in [4.69, 9.17) is 4.74 Å². The maximum Gasteiger partial charge on any atom is 0.261 e. The van der Waals surface area contributed by atoms with E-state index in [1.165, 1.54) is 0 Å². The Hall–Kier alpha value is -1.51. The number of para-hydroxylation sites is 1. The van der Waals surface area contributed by atoms with Crippen molar-refractivity contribution >= 4 is 5.91 Å². The molecule has 1 aromatic rings. The highest BCUT2D eigenvalue weighted by Gasteiger charge is 2.23. The molecule has 21 heavy (non-hydrogen) atoms. The van der Waals surface area contributed by atoms with Crippen molar-refractivity contribution in [3.05, 3.63) is 29.8 Å². The average molecular weight is 291 g/mol. The van der Waals surface area contributed by atoms with Gasteiger partial charge in [0.1, 0.15) is 5.75 Å². The lowest BCUT2D eigenvalue weighted by Gasteiger charge is -2.27. The SMILES string of the molecule is CCc1ccccc1O[C@H](C)C(=O)NC(C(C)C)C(C)C. The Morgan fingerprint density at radius 1 is 1.10 bits per heavy atom. The summed E-state index contributed by atoms with van der Waals surface area (Å²) >= 11 is 0. The van der Waals surface area contributed by atoms with Crippen LogP contribution in [-0.4, -0.2) is 18.1 Å². The number of nitrogens with one attached hydrogen (secondary N) is 1. The number of hydrogen-bond acceptors (Lipinski definition) is 2. The number of aryl methyl sites for hydroxylation is 1. The van der Waals surface area contributed by atoms with E-state index in [1.54, 1.807) is 6.92 Å². The minimum atomic E-state index is -0.488. The third kappa shape index (κ3) is 5.07. The molecule has 0 spiro atoms. The molecule has 0 aliphatic heterocycles. The number of rotatable bonds is 7. The van der Waals surface area contributed by atoms with Crippen LogP contribution in [0.3, 0.4) is 0 Å². The summed E-state index contributed by atoms with van der Waals surface area (Å²) in [5.74, 6) is 1.56. The average Bonchev–Trinajstić information content (AvgIpc) is 2.44. The second kappa shape index (κ2) is 8.06. The lowest BCUT2D eigenvalue weighted by Crippen LogP contribution is -2.47. The fraction of sp³-hybridized carbons (Fsp3) is 0.611. The van der Waals surface area contributed by atoms with Crippen molar-refractivity contribution in [1.82, 2.24) is 5.32 Å². The van der Waals surface area contributed by atoms with Crippen molar-refractivity contribution in [3.63, 3.8) is 0 Å². The molecule has 0 fully saturated rings. The number of hydrogen-bond donors (Lipinski definition) is 1. The van der Waals surface area contributed by atoms with Gasteiger partial charge < -0.3 is 10.1 Å². The van der Waals surface area contributed by atoms with Gasteiger partial charge in [0.15, 0.2) is 6.10 Å². The Kier molecular flexibility index (Phi) is 6.73. The molecule has 118 valence electrons. The molecule has 0 saturated carbocycles. The first-order valence-electron chi connectivity index (χ1n) is 7.91. The fourth-order valence-corrected chi connectivity index (χ4v) is 2.54. The van der Waals surface area contributed by atoms with Gasteiger partial charge in [0.05, 0.1) is 0 Å². The minimum absolute atomic E-state index is 0.0479. The van der Waals surface area contributed by atoms with E-state index in [9.17, 15) is 4.79 Å². The topological polar surface area (TPSA) is 38.3 Å². The predicted octanol–water partition coefficient (Wildman–Crippen LogP) is 3.81. The lowest BCUT2D eigenvalue weighted by atomic mass is 9.93. The Morgan fingerprint density at radius 2 is 1.67 bits per heavy atom. The van der Waals surface area contributed by atoms with Crippen molar-refractivity contribution < 1.29 is 9.53 Å². The van der Waals surface area contributed by atoms with Crippen LogP contribution in [0.25, 0.3) is 0 Å². The molecule has 0 aliphatic carbocycles. The first kappa shape index (κ1) is 17.5. The molecule has 3 nitrogen and oxygen atoms in total. The maximum atomic E-state index is 12.3. The fourth-order valence-electron chi connectivity index (χ4n) is 2.54. The molecule has 0 saturated heterocycles. The Balaban J connectivity index is 2.70. The van der Waals surface area contributed by atoms with Gasteiger partial charge in [-0.05, 0) is 36.8 Å². The van der Waals surface area contributed by atoms with E-state index in [0.717, 1.165) is 17.7 Å². The van der Waals surface area contributed by atoms with Crippen LogP contribution in [0.2, 0.25) is 0 Å². The van der Waals surface area contributed by atoms with Gasteiger partial charge >= 0.3 is 0 Å². The molecule has 0 bridgehead atoms. The van der Waals surface area contributed by atoms with Crippen molar-refractivity contribution in [1.29, 1.82) is 0 Å². The minimum Gasteiger partial charge on any atom is -0.481 e. The van der Waals surface area contributed by atoms with Gasteiger partial charge in [-0.2, -0.15) is 0 Å². The number of amides is 1. The molecule has 1 atom stereocenters. The highest BCUT2D eigenvalue weighted by Crippen LogP contribution is 2.20.